The van der Waals surface area contributed by atoms with Crippen molar-refractivity contribution in [2.45, 2.75) is 24.2 Å². The highest BCUT2D eigenvalue weighted by molar-refractivity contribution is 7.89. The SMILES string of the molecule is COc1cc(NC(=O)c2cc(S(=O)(=O)N3CCCCC3)ccc2Cl)cc(OC)c1. The minimum absolute atomic E-state index is 0.0529. The Morgan fingerprint density at radius 1 is 1.00 bits per heavy atom. The van der Waals surface area contributed by atoms with Crippen LogP contribution in [0.3, 0.4) is 0 Å². The Balaban J connectivity index is 1.89. The summed E-state index contributed by atoms with van der Waals surface area (Å²) in [6, 6.07) is 9.11. The molecule has 0 aromatic heterocycles. The average Bonchev–Trinajstić information content (AvgIpc) is 2.74. The first kappa shape index (κ1) is 21.4. The van der Waals surface area contributed by atoms with E-state index in [9.17, 15) is 13.2 Å². The summed E-state index contributed by atoms with van der Waals surface area (Å²) >= 11 is 6.19. The fourth-order valence-corrected chi connectivity index (χ4v) is 4.92. The minimum atomic E-state index is -3.67. The van der Waals surface area contributed by atoms with E-state index in [1.165, 1.54) is 36.7 Å². The third-order valence-electron chi connectivity index (χ3n) is 4.74. The summed E-state index contributed by atoms with van der Waals surface area (Å²) in [5.74, 6) is 0.486. The molecule has 1 fully saturated rings. The maximum atomic E-state index is 12.9. The molecule has 9 heteroatoms. The third kappa shape index (κ3) is 4.83. The molecular formula is C20H23ClN2O5S. The number of hydrogen-bond acceptors (Lipinski definition) is 5. The second kappa shape index (κ2) is 9.02. The molecule has 0 radical (unpaired) electrons. The van der Waals surface area contributed by atoms with E-state index in [1.54, 1.807) is 18.2 Å². The molecule has 1 saturated heterocycles. The maximum absolute atomic E-state index is 12.9. The van der Waals surface area contributed by atoms with Crippen LogP contribution in [-0.2, 0) is 10.0 Å². The molecule has 1 aliphatic rings. The number of nitrogens with zero attached hydrogens (tertiary/aromatic N) is 1. The molecule has 29 heavy (non-hydrogen) atoms. The van der Waals surface area contributed by atoms with Crippen LogP contribution in [-0.4, -0.2) is 45.9 Å². The van der Waals surface area contributed by atoms with Crippen LogP contribution in [0.4, 0.5) is 5.69 Å². The van der Waals surface area contributed by atoms with Gasteiger partial charge in [0, 0.05) is 37.0 Å². The van der Waals surface area contributed by atoms with Gasteiger partial charge >= 0.3 is 0 Å². The number of carbonyl (C=O) groups excluding carboxylic acids is 1. The predicted molar refractivity (Wildman–Crippen MR) is 112 cm³/mol. The summed E-state index contributed by atoms with van der Waals surface area (Å²) in [6.45, 7) is 0.964. The summed E-state index contributed by atoms with van der Waals surface area (Å²) in [5, 5.41) is 2.88. The monoisotopic (exact) mass is 438 g/mol. The molecule has 3 rings (SSSR count). The molecule has 0 aliphatic carbocycles. The number of amides is 1. The van der Waals surface area contributed by atoms with Crippen LogP contribution in [0.2, 0.25) is 5.02 Å². The first-order valence-corrected chi connectivity index (χ1v) is 11.0. The van der Waals surface area contributed by atoms with Gasteiger partial charge in [-0.3, -0.25) is 4.79 Å². The van der Waals surface area contributed by atoms with Gasteiger partial charge in [0.15, 0.2) is 0 Å². The van der Waals surface area contributed by atoms with E-state index < -0.39 is 15.9 Å². The summed E-state index contributed by atoms with van der Waals surface area (Å²) in [6.07, 6.45) is 2.68. The summed E-state index contributed by atoms with van der Waals surface area (Å²) in [5.41, 5.74) is 0.512. The lowest BCUT2D eigenvalue weighted by Gasteiger charge is -2.26. The summed E-state index contributed by atoms with van der Waals surface area (Å²) in [4.78, 5) is 12.9. The molecule has 1 amide bonds. The Morgan fingerprint density at radius 3 is 2.21 bits per heavy atom. The van der Waals surface area contributed by atoms with Gasteiger partial charge in [0.05, 0.1) is 29.7 Å². The van der Waals surface area contributed by atoms with Crippen molar-refractivity contribution in [2.75, 3.05) is 32.6 Å². The van der Waals surface area contributed by atoms with Crippen molar-refractivity contribution in [1.29, 1.82) is 0 Å². The van der Waals surface area contributed by atoms with Crippen molar-refractivity contribution < 1.29 is 22.7 Å². The molecule has 0 saturated carbocycles. The molecule has 7 nitrogen and oxygen atoms in total. The van der Waals surface area contributed by atoms with E-state index in [-0.39, 0.29) is 15.5 Å². The quantitative estimate of drug-likeness (QED) is 0.741. The van der Waals surface area contributed by atoms with Gasteiger partial charge in [-0.05, 0) is 31.0 Å². The van der Waals surface area contributed by atoms with Crippen LogP contribution in [0, 0.1) is 0 Å². The van der Waals surface area contributed by atoms with E-state index in [0.29, 0.717) is 30.3 Å². The predicted octanol–water partition coefficient (Wildman–Crippen LogP) is 3.78. The first-order chi connectivity index (χ1) is 13.8. The highest BCUT2D eigenvalue weighted by atomic mass is 35.5. The lowest BCUT2D eigenvalue weighted by atomic mass is 10.2. The van der Waals surface area contributed by atoms with E-state index in [4.69, 9.17) is 21.1 Å². The normalized spacial score (nSPS) is 15.0. The molecule has 1 N–H and O–H groups in total. The van der Waals surface area contributed by atoms with E-state index in [0.717, 1.165) is 19.3 Å². The van der Waals surface area contributed by atoms with Crippen LogP contribution in [0.5, 0.6) is 11.5 Å². The zero-order chi connectivity index (χ0) is 21.0. The average molecular weight is 439 g/mol. The number of ether oxygens (including phenoxy) is 2. The number of sulfonamides is 1. The number of rotatable bonds is 6. The van der Waals surface area contributed by atoms with Crippen LogP contribution in [0.1, 0.15) is 29.6 Å². The molecule has 0 bridgehead atoms. The Kier molecular flexibility index (Phi) is 6.66. The molecule has 1 aliphatic heterocycles. The minimum Gasteiger partial charge on any atom is -0.497 e. The van der Waals surface area contributed by atoms with Crippen LogP contribution in [0.15, 0.2) is 41.3 Å². The first-order valence-electron chi connectivity index (χ1n) is 9.19. The summed E-state index contributed by atoms with van der Waals surface area (Å²) in [7, 11) is -0.662. The number of carbonyl (C=O) groups is 1. The lowest BCUT2D eigenvalue weighted by molar-refractivity contribution is 0.102. The van der Waals surface area contributed by atoms with Gasteiger partial charge in [0.2, 0.25) is 10.0 Å². The summed E-state index contributed by atoms with van der Waals surface area (Å²) < 4.78 is 37.7. The zero-order valence-electron chi connectivity index (χ0n) is 16.3. The van der Waals surface area contributed by atoms with E-state index in [2.05, 4.69) is 5.32 Å². The molecular weight excluding hydrogens is 416 g/mol. The van der Waals surface area contributed by atoms with Gasteiger partial charge < -0.3 is 14.8 Å². The van der Waals surface area contributed by atoms with Crippen LogP contribution in [0.25, 0.3) is 0 Å². The molecule has 1 heterocycles. The standard InChI is InChI=1S/C20H23ClN2O5S/c1-27-15-10-14(11-16(12-15)28-2)22-20(24)18-13-17(6-7-19(18)21)29(25,26)23-8-4-3-5-9-23/h6-7,10-13H,3-5,8-9H2,1-2H3,(H,22,24). The van der Waals surface area contributed by atoms with Crippen molar-refractivity contribution in [3.05, 3.63) is 47.0 Å². The van der Waals surface area contributed by atoms with Gasteiger partial charge in [-0.2, -0.15) is 4.31 Å². The molecule has 0 atom stereocenters. The van der Waals surface area contributed by atoms with Crippen molar-refractivity contribution in [3.63, 3.8) is 0 Å². The molecule has 2 aromatic rings. The second-order valence-electron chi connectivity index (χ2n) is 6.66. The topological polar surface area (TPSA) is 84.9 Å². The van der Waals surface area contributed by atoms with Gasteiger partial charge in [0.1, 0.15) is 11.5 Å². The van der Waals surface area contributed by atoms with Crippen molar-refractivity contribution in [2.24, 2.45) is 0 Å². The highest BCUT2D eigenvalue weighted by Crippen LogP contribution is 2.28. The van der Waals surface area contributed by atoms with Gasteiger partial charge in [0.25, 0.3) is 5.91 Å². The second-order valence-corrected chi connectivity index (χ2v) is 9.01. The Labute approximate surface area is 175 Å². The van der Waals surface area contributed by atoms with Gasteiger partial charge in [-0.25, -0.2) is 8.42 Å². The number of piperidine rings is 1. The Morgan fingerprint density at radius 2 is 1.62 bits per heavy atom. The van der Waals surface area contributed by atoms with Gasteiger partial charge in [-0.1, -0.05) is 18.0 Å². The van der Waals surface area contributed by atoms with Crippen molar-refractivity contribution >= 4 is 33.2 Å². The zero-order valence-corrected chi connectivity index (χ0v) is 17.8. The maximum Gasteiger partial charge on any atom is 0.257 e. The number of hydrogen-bond donors (Lipinski definition) is 1. The molecule has 0 spiro atoms. The third-order valence-corrected chi connectivity index (χ3v) is 6.97. The Bertz CT molecular complexity index is 982. The van der Waals surface area contributed by atoms with E-state index >= 15 is 0 Å². The van der Waals surface area contributed by atoms with Crippen LogP contribution < -0.4 is 14.8 Å². The Hall–Kier alpha value is -2.29. The van der Waals surface area contributed by atoms with Crippen molar-refractivity contribution in [1.82, 2.24) is 4.31 Å². The number of anilines is 1. The van der Waals surface area contributed by atoms with Crippen molar-refractivity contribution in [3.8, 4) is 11.5 Å². The molecule has 156 valence electrons. The van der Waals surface area contributed by atoms with Crippen LogP contribution >= 0.6 is 11.6 Å². The number of halogens is 1. The largest absolute Gasteiger partial charge is 0.497 e. The fraction of sp³-hybridized carbons (Fsp3) is 0.350. The number of benzene rings is 2. The van der Waals surface area contributed by atoms with Gasteiger partial charge in [-0.15, -0.1) is 0 Å². The molecule has 2 aromatic carbocycles. The van der Waals surface area contributed by atoms with E-state index in [1.807, 2.05) is 0 Å². The number of nitrogens with one attached hydrogen (secondary N) is 1. The lowest BCUT2D eigenvalue weighted by Crippen LogP contribution is -2.35. The smallest absolute Gasteiger partial charge is 0.257 e. The number of methoxy groups -OCH3 is 2. The highest BCUT2D eigenvalue weighted by Gasteiger charge is 2.27. The molecule has 0 unspecified atom stereocenters. The fourth-order valence-electron chi connectivity index (χ4n) is 3.17.